The molecule has 3 unspecified atom stereocenters. The molecule has 4 aliphatic rings. The summed E-state index contributed by atoms with van der Waals surface area (Å²) >= 11 is 0. The van der Waals surface area contributed by atoms with E-state index in [1.807, 2.05) is 4.90 Å². The van der Waals surface area contributed by atoms with Crippen LogP contribution in [-0.4, -0.2) is 35.8 Å². The summed E-state index contributed by atoms with van der Waals surface area (Å²) in [5.74, 6) is 2.55. The summed E-state index contributed by atoms with van der Waals surface area (Å²) in [4.78, 5) is 26.8. The molecular weight excluding hydrogens is 264 g/mol. The molecule has 4 nitrogen and oxygen atoms in total. The summed E-state index contributed by atoms with van der Waals surface area (Å²) in [6.07, 6.45) is 9.03. The van der Waals surface area contributed by atoms with Crippen LogP contribution >= 0.6 is 0 Å². The second kappa shape index (κ2) is 5.29. The topological polar surface area (TPSA) is 49.4 Å². The average molecular weight is 290 g/mol. The second-order valence-electron chi connectivity index (χ2n) is 7.66. The van der Waals surface area contributed by atoms with Gasteiger partial charge in [0.05, 0.1) is 0 Å². The van der Waals surface area contributed by atoms with Crippen molar-refractivity contribution in [3.05, 3.63) is 0 Å². The minimum absolute atomic E-state index is 0.134. The number of amides is 2. The Morgan fingerprint density at radius 2 is 1.67 bits per heavy atom. The quantitative estimate of drug-likeness (QED) is 0.863. The molecule has 3 aliphatic carbocycles. The molecule has 3 saturated carbocycles. The Labute approximate surface area is 126 Å². The Morgan fingerprint density at radius 1 is 0.905 bits per heavy atom. The van der Waals surface area contributed by atoms with Gasteiger partial charge in [0, 0.05) is 31.0 Å². The third kappa shape index (κ3) is 2.69. The number of hydrogen-bond acceptors (Lipinski definition) is 2. The molecule has 1 aliphatic heterocycles. The number of likely N-dealkylation sites (tertiary alicyclic amines) is 1. The first-order chi connectivity index (χ1) is 10.2. The van der Waals surface area contributed by atoms with Gasteiger partial charge < -0.3 is 10.2 Å². The van der Waals surface area contributed by atoms with E-state index in [1.165, 1.54) is 19.3 Å². The molecule has 4 fully saturated rings. The molecule has 116 valence electrons. The SMILES string of the molecule is O=C(NC1CC1)C1CCN(C(=O)C2CC3CCC2C3)CC1. The van der Waals surface area contributed by atoms with Crippen LogP contribution in [0.4, 0.5) is 0 Å². The minimum Gasteiger partial charge on any atom is -0.353 e. The van der Waals surface area contributed by atoms with E-state index in [4.69, 9.17) is 0 Å². The van der Waals surface area contributed by atoms with E-state index in [0.29, 0.717) is 23.8 Å². The van der Waals surface area contributed by atoms with Crippen molar-refractivity contribution in [1.29, 1.82) is 0 Å². The molecule has 0 aromatic heterocycles. The van der Waals surface area contributed by atoms with Gasteiger partial charge in [0.25, 0.3) is 0 Å². The van der Waals surface area contributed by atoms with Crippen molar-refractivity contribution in [2.24, 2.45) is 23.7 Å². The average Bonchev–Trinajstić information content (AvgIpc) is 3.08. The highest BCUT2D eigenvalue weighted by Gasteiger charge is 2.45. The van der Waals surface area contributed by atoms with Gasteiger partial charge in [0.15, 0.2) is 0 Å². The fourth-order valence-electron chi connectivity index (χ4n) is 4.69. The highest BCUT2D eigenvalue weighted by molar-refractivity contribution is 5.81. The maximum Gasteiger partial charge on any atom is 0.225 e. The summed E-state index contributed by atoms with van der Waals surface area (Å²) in [5.41, 5.74) is 0. The zero-order valence-corrected chi connectivity index (χ0v) is 12.7. The lowest BCUT2D eigenvalue weighted by Gasteiger charge is -2.34. The molecule has 3 atom stereocenters. The monoisotopic (exact) mass is 290 g/mol. The van der Waals surface area contributed by atoms with Crippen molar-refractivity contribution in [3.63, 3.8) is 0 Å². The predicted octanol–water partition coefficient (Wildman–Crippen LogP) is 1.94. The van der Waals surface area contributed by atoms with Crippen LogP contribution in [-0.2, 0) is 9.59 Å². The molecule has 4 rings (SSSR count). The van der Waals surface area contributed by atoms with Gasteiger partial charge in [-0.1, -0.05) is 6.42 Å². The molecule has 2 amide bonds. The number of hydrogen-bond donors (Lipinski definition) is 1. The van der Waals surface area contributed by atoms with Crippen LogP contribution in [0.5, 0.6) is 0 Å². The first kappa shape index (κ1) is 13.6. The maximum atomic E-state index is 12.7. The standard InChI is InChI=1S/C17H26N2O2/c20-16(18-14-3-4-14)12-5-7-19(8-6-12)17(21)15-10-11-1-2-13(15)9-11/h11-15H,1-10H2,(H,18,20). The number of carbonyl (C=O) groups is 2. The first-order valence-electron chi connectivity index (χ1n) is 8.80. The fourth-order valence-corrected chi connectivity index (χ4v) is 4.69. The van der Waals surface area contributed by atoms with E-state index >= 15 is 0 Å². The van der Waals surface area contributed by atoms with Crippen LogP contribution in [0.1, 0.15) is 51.4 Å². The summed E-state index contributed by atoms with van der Waals surface area (Å²) in [7, 11) is 0. The molecule has 0 aromatic carbocycles. The van der Waals surface area contributed by atoms with E-state index in [1.54, 1.807) is 0 Å². The van der Waals surface area contributed by atoms with Gasteiger partial charge in [-0.25, -0.2) is 0 Å². The number of fused-ring (bicyclic) bond motifs is 2. The zero-order valence-electron chi connectivity index (χ0n) is 12.7. The van der Waals surface area contributed by atoms with Crippen LogP contribution in [0, 0.1) is 23.7 Å². The Bertz CT molecular complexity index is 438. The fraction of sp³-hybridized carbons (Fsp3) is 0.882. The van der Waals surface area contributed by atoms with E-state index in [2.05, 4.69) is 5.32 Å². The smallest absolute Gasteiger partial charge is 0.225 e. The molecule has 0 aromatic rings. The first-order valence-corrected chi connectivity index (χ1v) is 8.80. The van der Waals surface area contributed by atoms with Crippen LogP contribution in [0.15, 0.2) is 0 Å². The number of nitrogens with one attached hydrogen (secondary N) is 1. The lowest BCUT2D eigenvalue weighted by atomic mass is 9.86. The van der Waals surface area contributed by atoms with Crippen LogP contribution in [0.2, 0.25) is 0 Å². The minimum atomic E-state index is 0.134. The normalized spacial score (nSPS) is 36.0. The largest absolute Gasteiger partial charge is 0.353 e. The Kier molecular flexibility index (Phi) is 3.43. The van der Waals surface area contributed by atoms with Crippen LogP contribution in [0.3, 0.4) is 0 Å². The van der Waals surface area contributed by atoms with Gasteiger partial charge in [-0.2, -0.15) is 0 Å². The van der Waals surface area contributed by atoms with Gasteiger partial charge in [-0.3, -0.25) is 9.59 Å². The Morgan fingerprint density at radius 3 is 2.24 bits per heavy atom. The van der Waals surface area contributed by atoms with Gasteiger partial charge in [0.1, 0.15) is 0 Å². The van der Waals surface area contributed by atoms with Crippen molar-refractivity contribution in [2.45, 2.75) is 57.4 Å². The molecule has 1 N–H and O–H groups in total. The van der Waals surface area contributed by atoms with Crippen LogP contribution < -0.4 is 5.32 Å². The predicted molar refractivity (Wildman–Crippen MR) is 79.4 cm³/mol. The summed E-state index contributed by atoms with van der Waals surface area (Å²) in [6.45, 7) is 1.57. The lowest BCUT2D eigenvalue weighted by Crippen LogP contribution is -2.46. The number of piperidine rings is 1. The highest BCUT2D eigenvalue weighted by atomic mass is 16.2. The van der Waals surface area contributed by atoms with Crippen molar-refractivity contribution >= 4 is 11.8 Å². The van der Waals surface area contributed by atoms with E-state index in [-0.39, 0.29) is 11.8 Å². The van der Waals surface area contributed by atoms with Crippen molar-refractivity contribution < 1.29 is 9.59 Å². The molecular formula is C17H26N2O2. The molecule has 21 heavy (non-hydrogen) atoms. The molecule has 4 heteroatoms. The van der Waals surface area contributed by atoms with E-state index < -0.39 is 0 Å². The summed E-state index contributed by atoms with van der Waals surface area (Å²) in [6, 6.07) is 0.450. The molecule has 0 radical (unpaired) electrons. The van der Waals surface area contributed by atoms with E-state index in [9.17, 15) is 9.59 Å². The summed E-state index contributed by atoms with van der Waals surface area (Å²) < 4.78 is 0. The molecule has 1 saturated heterocycles. The number of nitrogens with zero attached hydrogens (tertiary/aromatic N) is 1. The van der Waals surface area contributed by atoms with Crippen molar-refractivity contribution in [3.8, 4) is 0 Å². The van der Waals surface area contributed by atoms with Gasteiger partial charge >= 0.3 is 0 Å². The Hall–Kier alpha value is -1.06. The Balaban J connectivity index is 1.28. The highest BCUT2D eigenvalue weighted by Crippen LogP contribution is 2.49. The maximum absolute atomic E-state index is 12.7. The molecule has 0 spiro atoms. The molecule has 2 bridgehead atoms. The number of rotatable bonds is 3. The summed E-state index contributed by atoms with van der Waals surface area (Å²) in [5, 5.41) is 3.10. The van der Waals surface area contributed by atoms with Gasteiger partial charge in [0.2, 0.25) is 11.8 Å². The zero-order chi connectivity index (χ0) is 14.4. The lowest BCUT2D eigenvalue weighted by molar-refractivity contribution is -0.140. The van der Waals surface area contributed by atoms with Gasteiger partial charge in [-0.15, -0.1) is 0 Å². The van der Waals surface area contributed by atoms with Crippen LogP contribution in [0.25, 0.3) is 0 Å². The molecule has 1 heterocycles. The van der Waals surface area contributed by atoms with Crippen molar-refractivity contribution in [2.75, 3.05) is 13.1 Å². The third-order valence-corrected chi connectivity index (χ3v) is 6.16. The third-order valence-electron chi connectivity index (χ3n) is 6.16. The van der Waals surface area contributed by atoms with Crippen molar-refractivity contribution in [1.82, 2.24) is 10.2 Å². The van der Waals surface area contributed by atoms with Gasteiger partial charge in [-0.05, 0) is 56.8 Å². The van der Waals surface area contributed by atoms with E-state index in [0.717, 1.165) is 51.1 Å². The second-order valence-corrected chi connectivity index (χ2v) is 7.66. The number of carbonyl (C=O) groups excluding carboxylic acids is 2.